The monoisotopic (exact) mass is 252 g/mol. The number of thiophene rings is 1. The zero-order valence-electron chi connectivity index (χ0n) is 8.72. The maximum atomic E-state index is 13.3. The van der Waals surface area contributed by atoms with E-state index in [9.17, 15) is 14.5 Å². The lowest BCUT2D eigenvalue weighted by molar-refractivity contribution is -0.380. The van der Waals surface area contributed by atoms with Gasteiger partial charge in [0.05, 0.1) is 10.6 Å². The normalized spacial score (nSPS) is 10.2. The number of halogens is 1. The number of benzene rings is 1. The van der Waals surface area contributed by atoms with Crippen LogP contribution >= 0.6 is 11.3 Å². The molecule has 2 rings (SSSR count). The molecule has 0 aliphatic heterocycles. The Kier molecular flexibility index (Phi) is 3.34. The first-order chi connectivity index (χ1) is 8.16. The van der Waals surface area contributed by atoms with Crippen molar-refractivity contribution in [2.24, 2.45) is 0 Å². The van der Waals surface area contributed by atoms with E-state index in [2.05, 4.69) is 5.32 Å². The van der Waals surface area contributed by atoms with Crippen molar-refractivity contribution in [2.75, 3.05) is 5.32 Å². The smallest absolute Gasteiger partial charge is 0.324 e. The molecule has 2 aromatic rings. The predicted octanol–water partition coefficient (Wildman–Crippen LogP) is 3.41. The van der Waals surface area contributed by atoms with E-state index in [-0.39, 0.29) is 10.8 Å². The zero-order chi connectivity index (χ0) is 12.3. The van der Waals surface area contributed by atoms with Gasteiger partial charge >= 0.3 is 5.00 Å². The molecule has 0 spiro atoms. The van der Waals surface area contributed by atoms with Crippen LogP contribution in [0.3, 0.4) is 0 Å². The highest BCUT2D eigenvalue weighted by molar-refractivity contribution is 7.13. The minimum absolute atomic E-state index is 0.0929. The summed E-state index contributed by atoms with van der Waals surface area (Å²) < 4.78 is 13.3. The average molecular weight is 252 g/mol. The van der Waals surface area contributed by atoms with Gasteiger partial charge in [-0.15, -0.1) is 0 Å². The Morgan fingerprint density at radius 3 is 2.82 bits per heavy atom. The molecule has 88 valence electrons. The minimum Gasteiger partial charge on any atom is -0.379 e. The molecule has 0 fully saturated rings. The van der Waals surface area contributed by atoms with Crippen LogP contribution in [0.25, 0.3) is 0 Å². The van der Waals surface area contributed by atoms with Crippen LogP contribution in [0.15, 0.2) is 35.7 Å². The van der Waals surface area contributed by atoms with Gasteiger partial charge in [-0.25, -0.2) is 4.39 Å². The Morgan fingerprint density at radius 2 is 2.18 bits per heavy atom. The summed E-state index contributed by atoms with van der Waals surface area (Å²) in [5.74, 6) is -0.336. The number of nitrogens with zero attached hydrogens (tertiary/aromatic N) is 1. The van der Waals surface area contributed by atoms with Crippen molar-refractivity contribution >= 4 is 22.0 Å². The second kappa shape index (κ2) is 4.92. The number of para-hydroxylation sites is 1. The standard InChI is InChI=1S/C11H9FN2O2S/c12-9-3-1-2-4-10(9)13-6-8-5-11(14(15)16)17-7-8/h1-5,7,13H,6H2. The molecule has 0 saturated carbocycles. The van der Waals surface area contributed by atoms with E-state index in [1.807, 2.05) is 0 Å². The molecule has 0 bridgehead atoms. The van der Waals surface area contributed by atoms with Crippen molar-refractivity contribution in [3.63, 3.8) is 0 Å². The Balaban J connectivity index is 2.02. The van der Waals surface area contributed by atoms with Crippen molar-refractivity contribution in [1.82, 2.24) is 0 Å². The number of hydrogen-bond acceptors (Lipinski definition) is 4. The van der Waals surface area contributed by atoms with Crippen LogP contribution in [0.2, 0.25) is 0 Å². The average Bonchev–Trinajstić information content (AvgIpc) is 2.77. The van der Waals surface area contributed by atoms with Gasteiger partial charge in [0.2, 0.25) is 0 Å². The summed E-state index contributed by atoms with van der Waals surface area (Å²) in [5.41, 5.74) is 1.16. The van der Waals surface area contributed by atoms with E-state index in [0.29, 0.717) is 12.2 Å². The van der Waals surface area contributed by atoms with Crippen molar-refractivity contribution in [2.45, 2.75) is 6.54 Å². The quantitative estimate of drug-likeness (QED) is 0.670. The molecule has 0 unspecified atom stereocenters. The molecule has 1 aromatic carbocycles. The fraction of sp³-hybridized carbons (Fsp3) is 0.0909. The van der Waals surface area contributed by atoms with Gasteiger partial charge in [-0.3, -0.25) is 10.1 Å². The Bertz CT molecular complexity index is 542. The molecule has 1 aromatic heterocycles. The third kappa shape index (κ3) is 2.79. The second-order valence-electron chi connectivity index (χ2n) is 3.38. The summed E-state index contributed by atoms with van der Waals surface area (Å²) in [5, 5.41) is 15.1. The molecule has 0 aliphatic carbocycles. The maximum absolute atomic E-state index is 13.3. The van der Waals surface area contributed by atoms with Crippen LogP contribution < -0.4 is 5.32 Å². The van der Waals surface area contributed by atoms with E-state index >= 15 is 0 Å². The number of nitro groups is 1. The number of hydrogen-bond donors (Lipinski definition) is 1. The molecule has 0 amide bonds. The van der Waals surface area contributed by atoms with Gasteiger partial charge in [-0.2, -0.15) is 0 Å². The molecule has 1 heterocycles. The van der Waals surface area contributed by atoms with E-state index < -0.39 is 4.92 Å². The highest BCUT2D eigenvalue weighted by Crippen LogP contribution is 2.23. The lowest BCUT2D eigenvalue weighted by Crippen LogP contribution is -1.99. The van der Waals surface area contributed by atoms with Gasteiger partial charge in [0.25, 0.3) is 0 Å². The molecule has 0 saturated heterocycles. The van der Waals surface area contributed by atoms with Crippen LogP contribution in [0, 0.1) is 15.9 Å². The molecular formula is C11H9FN2O2S. The molecule has 0 atom stereocenters. The summed E-state index contributed by atoms with van der Waals surface area (Å²) in [6, 6.07) is 7.80. The van der Waals surface area contributed by atoms with Crippen LogP contribution in [0.1, 0.15) is 5.56 Å². The summed E-state index contributed by atoms with van der Waals surface area (Å²) in [6.07, 6.45) is 0. The highest BCUT2D eigenvalue weighted by Gasteiger charge is 2.09. The topological polar surface area (TPSA) is 55.2 Å². The molecule has 1 N–H and O–H groups in total. The molecule has 0 aliphatic rings. The fourth-order valence-corrected chi connectivity index (χ4v) is 2.08. The molecular weight excluding hydrogens is 243 g/mol. The molecule has 4 nitrogen and oxygen atoms in total. The fourth-order valence-electron chi connectivity index (χ4n) is 1.35. The Labute approximate surface area is 101 Å². The van der Waals surface area contributed by atoms with Gasteiger partial charge in [-0.1, -0.05) is 23.5 Å². The van der Waals surface area contributed by atoms with E-state index in [4.69, 9.17) is 0 Å². The summed E-state index contributed by atoms with van der Waals surface area (Å²) in [7, 11) is 0. The van der Waals surface area contributed by atoms with Crippen LogP contribution in [-0.2, 0) is 6.54 Å². The molecule has 0 radical (unpaired) electrons. The lowest BCUT2D eigenvalue weighted by atomic mass is 10.3. The largest absolute Gasteiger partial charge is 0.379 e. The van der Waals surface area contributed by atoms with E-state index in [1.165, 1.54) is 12.1 Å². The Morgan fingerprint density at radius 1 is 1.41 bits per heavy atom. The first kappa shape index (κ1) is 11.5. The molecule has 6 heteroatoms. The van der Waals surface area contributed by atoms with Crippen LogP contribution in [0.5, 0.6) is 0 Å². The van der Waals surface area contributed by atoms with Crippen molar-refractivity contribution in [1.29, 1.82) is 0 Å². The van der Waals surface area contributed by atoms with Gasteiger partial charge in [0.1, 0.15) is 5.82 Å². The summed E-state index contributed by atoms with van der Waals surface area (Å²) in [4.78, 5) is 10.0. The number of rotatable bonds is 4. The summed E-state index contributed by atoms with van der Waals surface area (Å²) >= 11 is 1.06. The Hall–Kier alpha value is -1.95. The van der Waals surface area contributed by atoms with Gasteiger partial charge in [0, 0.05) is 18.0 Å². The van der Waals surface area contributed by atoms with Crippen LogP contribution in [0.4, 0.5) is 15.1 Å². The van der Waals surface area contributed by atoms with E-state index in [1.54, 1.807) is 23.6 Å². The third-order valence-corrected chi connectivity index (χ3v) is 3.11. The minimum atomic E-state index is -0.433. The summed E-state index contributed by atoms with van der Waals surface area (Å²) in [6.45, 7) is 0.366. The SMILES string of the molecule is O=[N+]([O-])c1cc(CNc2ccccc2F)cs1. The van der Waals surface area contributed by atoms with Gasteiger partial charge < -0.3 is 5.32 Å². The first-order valence-electron chi connectivity index (χ1n) is 4.87. The first-order valence-corrected chi connectivity index (χ1v) is 5.75. The maximum Gasteiger partial charge on any atom is 0.324 e. The van der Waals surface area contributed by atoms with Crippen molar-refractivity contribution in [3.05, 3.63) is 57.2 Å². The number of anilines is 1. The zero-order valence-corrected chi connectivity index (χ0v) is 9.54. The van der Waals surface area contributed by atoms with E-state index in [0.717, 1.165) is 16.9 Å². The van der Waals surface area contributed by atoms with Crippen molar-refractivity contribution in [3.8, 4) is 0 Å². The number of nitrogens with one attached hydrogen (secondary N) is 1. The highest BCUT2D eigenvalue weighted by atomic mass is 32.1. The van der Waals surface area contributed by atoms with Crippen molar-refractivity contribution < 1.29 is 9.31 Å². The van der Waals surface area contributed by atoms with Gasteiger partial charge in [-0.05, 0) is 17.7 Å². The predicted molar refractivity (Wildman–Crippen MR) is 64.7 cm³/mol. The van der Waals surface area contributed by atoms with Crippen LogP contribution in [-0.4, -0.2) is 4.92 Å². The second-order valence-corrected chi connectivity index (χ2v) is 4.27. The lowest BCUT2D eigenvalue weighted by Gasteiger charge is -2.05. The third-order valence-electron chi connectivity index (χ3n) is 2.18. The molecule has 17 heavy (non-hydrogen) atoms. The van der Waals surface area contributed by atoms with Gasteiger partial charge in [0.15, 0.2) is 0 Å².